The molecule has 3 heteroatoms. The molecule has 1 atom stereocenters. The minimum absolute atomic E-state index is 0.310. The number of nitrogens with one attached hydrogen (secondary N) is 1. The lowest BCUT2D eigenvalue weighted by atomic mass is 9.87. The molecule has 0 rings (SSSR count). The Labute approximate surface area is 88.4 Å². The number of methoxy groups -OCH3 is 1. The summed E-state index contributed by atoms with van der Waals surface area (Å²) in [5, 5.41) is 3.30. The first-order valence-corrected chi connectivity index (χ1v) is 5.41. The van der Waals surface area contributed by atoms with E-state index in [2.05, 4.69) is 26.1 Å². The maximum Gasteiger partial charge on any atom is 0.0587 e. The highest BCUT2D eigenvalue weighted by atomic mass is 16.5. The van der Waals surface area contributed by atoms with E-state index in [1.54, 1.807) is 7.11 Å². The van der Waals surface area contributed by atoms with Crippen LogP contribution in [0.3, 0.4) is 0 Å². The normalized spacial score (nSPS) is 14.4. The molecule has 0 aliphatic heterocycles. The van der Waals surface area contributed by atoms with Crippen molar-refractivity contribution < 1.29 is 4.74 Å². The van der Waals surface area contributed by atoms with Crippen LogP contribution in [-0.2, 0) is 4.74 Å². The van der Waals surface area contributed by atoms with Crippen molar-refractivity contribution in [1.29, 1.82) is 0 Å². The van der Waals surface area contributed by atoms with Gasteiger partial charge >= 0.3 is 0 Å². The summed E-state index contributed by atoms with van der Waals surface area (Å²) in [5.41, 5.74) is 6.34. The Kier molecular flexibility index (Phi) is 7.15. The molecule has 0 aromatic heterocycles. The first kappa shape index (κ1) is 13.9. The molecule has 14 heavy (non-hydrogen) atoms. The Balaban J connectivity index is 3.31. The standard InChI is InChI=1S/C11H26N2O/c1-11(2,3)9-10(12)5-6-13-7-8-14-4/h10,13H,5-9,12H2,1-4H3. The fourth-order valence-electron chi connectivity index (χ4n) is 1.48. The van der Waals surface area contributed by atoms with Gasteiger partial charge < -0.3 is 15.8 Å². The molecule has 0 aromatic rings. The summed E-state index contributed by atoms with van der Waals surface area (Å²) < 4.78 is 4.94. The van der Waals surface area contributed by atoms with Gasteiger partial charge in [-0.1, -0.05) is 20.8 Å². The molecule has 0 aromatic carbocycles. The predicted molar refractivity (Wildman–Crippen MR) is 61.4 cm³/mol. The van der Waals surface area contributed by atoms with Gasteiger partial charge in [-0.25, -0.2) is 0 Å². The molecule has 1 unspecified atom stereocenters. The molecule has 0 radical (unpaired) electrons. The summed E-state index contributed by atoms with van der Waals surface area (Å²) in [6.45, 7) is 9.36. The maximum atomic E-state index is 6.00. The summed E-state index contributed by atoms with van der Waals surface area (Å²) in [4.78, 5) is 0. The lowest BCUT2D eigenvalue weighted by Gasteiger charge is -2.23. The zero-order valence-electron chi connectivity index (χ0n) is 10.1. The Bertz CT molecular complexity index is 132. The van der Waals surface area contributed by atoms with Gasteiger partial charge in [-0.2, -0.15) is 0 Å². The van der Waals surface area contributed by atoms with E-state index in [0.717, 1.165) is 32.5 Å². The van der Waals surface area contributed by atoms with Crippen molar-refractivity contribution in [1.82, 2.24) is 5.32 Å². The van der Waals surface area contributed by atoms with E-state index in [9.17, 15) is 0 Å². The summed E-state index contributed by atoms with van der Waals surface area (Å²) in [7, 11) is 1.72. The molecule has 3 N–H and O–H groups in total. The highest BCUT2D eigenvalue weighted by Crippen LogP contribution is 2.20. The van der Waals surface area contributed by atoms with E-state index in [1.165, 1.54) is 0 Å². The van der Waals surface area contributed by atoms with Crippen molar-refractivity contribution in [3.63, 3.8) is 0 Å². The first-order valence-electron chi connectivity index (χ1n) is 5.41. The minimum atomic E-state index is 0.310. The van der Waals surface area contributed by atoms with E-state index in [-0.39, 0.29) is 0 Å². The van der Waals surface area contributed by atoms with Crippen molar-refractivity contribution in [3.05, 3.63) is 0 Å². The second-order valence-corrected chi connectivity index (χ2v) is 5.06. The third-order valence-electron chi connectivity index (χ3n) is 2.05. The van der Waals surface area contributed by atoms with E-state index < -0.39 is 0 Å². The molecule has 0 saturated heterocycles. The molecule has 0 saturated carbocycles. The molecule has 0 aliphatic rings. The van der Waals surface area contributed by atoms with Crippen LogP contribution >= 0.6 is 0 Å². The van der Waals surface area contributed by atoms with E-state index in [4.69, 9.17) is 10.5 Å². The second-order valence-electron chi connectivity index (χ2n) is 5.06. The van der Waals surface area contributed by atoms with Crippen molar-refractivity contribution in [3.8, 4) is 0 Å². The van der Waals surface area contributed by atoms with Crippen molar-refractivity contribution in [2.75, 3.05) is 26.8 Å². The summed E-state index contributed by atoms with van der Waals surface area (Å²) >= 11 is 0. The topological polar surface area (TPSA) is 47.3 Å². The average molecular weight is 202 g/mol. The summed E-state index contributed by atoms with van der Waals surface area (Å²) in [6.07, 6.45) is 2.12. The number of nitrogens with two attached hydrogens (primary N) is 1. The zero-order valence-corrected chi connectivity index (χ0v) is 10.1. The van der Waals surface area contributed by atoms with Crippen molar-refractivity contribution in [2.45, 2.75) is 39.7 Å². The lowest BCUT2D eigenvalue weighted by Crippen LogP contribution is -2.31. The molecule has 0 aliphatic carbocycles. The Morgan fingerprint density at radius 3 is 2.43 bits per heavy atom. The van der Waals surface area contributed by atoms with Crippen LogP contribution in [0.1, 0.15) is 33.6 Å². The van der Waals surface area contributed by atoms with Gasteiger partial charge in [0.2, 0.25) is 0 Å². The monoisotopic (exact) mass is 202 g/mol. The summed E-state index contributed by atoms with van der Waals surface area (Å²) in [6, 6.07) is 0.310. The van der Waals surface area contributed by atoms with Gasteiger partial charge in [0.1, 0.15) is 0 Å². The first-order chi connectivity index (χ1) is 6.45. The van der Waals surface area contributed by atoms with Crippen LogP contribution in [0.5, 0.6) is 0 Å². The molecular weight excluding hydrogens is 176 g/mol. The number of ether oxygens (including phenoxy) is 1. The Morgan fingerprint density at radius 1 is 1.29 bits per heavy atom. The molecule has 0 spiro atoms. The van der Waals surface area contributed by atoms with Crippen molar-refractivity contribution in [2.24, 2.45) is 11.1 Å². The average Bonchev–Trinajstić information content (AvgIpc) is 2.00. The van der Waals surface area contributed by atoms with Gasteiger partial charge in [0.25, 0.3) is 0 Å². The molecular formula is C11H26N2O. The molecule has 3 nitrogen and oxygen atoms in total. The molecule has 0 bridgehead atoms. The second kappa shape index (κ2) is 7.21. The number of hydrogen-bond acceptors (Lipinski definition) is 3. The Morgan fingerprint density at radius 2 is 1.93 bits per heavy atom. The van der Waals surface area contributed by atoms with Crippen molar-refractivity contribution >= 4 is 0 Å². The largest absolute Gasteiger partial charge is 0.383 e. The minimum Gasteiger partial charge on any atom is -0.383 e. The van der Waals surface area contributed by atoms with E-state index >= 15 is 0 Å². The van der Waals surface area contributed by atoms with Crippen LogP contribution in [0.25, 0.3) is 0 Å². The van der Waals surface area contributed by atoms with Crippen LogP contribution in [0.2, 0.25) is 0 Å². The van der Waals surface area contributed by atoms with Gasteiger partial charge in [0.15, 0.2) is 0 Å². The third-order valence-corrected chi connectivity index (χ3v) is 2.05. The Hall–Kier alpha value is -0.120. The molecule has 0 heterocycles. The third kappa shape index (κ3) is 9.96. The fraction of sp³-hybridized carbons (Fsp3) is 1.00. The van der Waals surface area contributed by atoms with Gasteiger partial charge in [0, 0.05) is 19.7 Å². The highest BCUT2D eigenvalue weighted by Gasteiger charge is 2.14. The van der Waals surface area contributed by atoms with Gasteiger partial charge in [-0.3, -0.25) is 0 Å². The molecule has 0 amide bonds. The smallest absolute Gasteiger partial charge is 0.0587 e. The quantitative estimate of drug-likeness (QED) is 0.613. The SMILES string of the molecule is COCCNCCC(N)CC(C)(C)C. The van der Waals surface area contributed by atoms with Crippen LogP contribution in [0.4, 0.5) is 0 Å². The lowest BCUT2D eigenvalue weighted by molar-refractivity contribution is 0.199. The van der Waals surface area contributed by atoms with E-state index in [0.29, 0.717) is 11.5 Å². The molecule has 86 valence electrons. The van der Waals surface area contributed by atoms with E-state index in [1.807, 2.05) is 0 Å². The zero-order chi connectivity index (χ0) is 11.0. The van der Waals surface area contributed by atoms with Crippen LogP contribution in [0.15, 0.2) is 0 Å². The fourth-order valence-corrected chi connectivity index (χ4v) is 1.48. The predicted octanol–water partition coefficient (Wildman–Crippen LogP) is 1.38. The maximum absolute atomic E-state index is 6.00. The molecule has 0 fully saturated rings. The van der Waals surface area contributed by atoms with Crippen LogP contribution in [-0.4, -0.2) is 32.8 Å². The van der Waals surface area contributed by atoms with Crippen LogP contribution < -0.4 is 11.1 Å². The van der Waals surface area contributed by atoms with Gasteiger partial charge in [-0.05, 0) is 24.8 Å². The van der Waals surface area contributed by atoms with Crippen LogP contribution in [0, 0.1) is 5.41 Å². The van der Waals surface area contributed by atoms with Gasteiger partial charge in [0.05, 0.1) is 6.61 Å². The number of hydrogen-bond donors (Lipinski definition) is 2. The van der Waals surface area contributed by atoms with Gasteiger partial charge in [-0.15, -0.1) is 0 Å². The number of rotatable bonds is 7. The highest BCUT2D eigenvalue weighted by molar-refractivity contribution is 4.72. The summed E-state index contributed by atoms with van der Waals surface area (Å²) in [5.74, 6) is 0.